The van der Waals surface area contributed by atoms with Crippen LogP contribution in [0.1, 0.15) is 33.6 Å². The van der Waals surface area contributed by atoms with Gasteiger partial charge in [-0.2, -0.15) is 11.8 Å². The van der Waals surface area contributed by atoms with Crippen molar-refractivity contribution in [1.29, 1.82) is 0 Å². The maximum atomic E-state index is 10.8. The quantitative estimate of drug-likeness (QED) is 0.618. The van der Waals surface area contributed by atoms with Crippen molar-refractivity contribution >= 4 is 17.5 Å². The largest absolute Gasteiger partial charge is 0.300 e. The van der Waals surface area contributed by atoms with E-state index in [2.05, 4.69) is 0 Å². The number of carbonyl (C=O) groups is 1. The first-order valence-electron chi connectivity index (χ1n) is 3.32. The lowest BCUT2D eigenvalue weighted by molar-refractivity contribution is -0.118. The maximum absolute atomic E-state index is 10.8. The van der Waals surface area contributed by atoms with E-state index in [9.17, 15) is 4.79 Å². The Morgan fingerprint density at radius 1 is 1.40 bits per heavy atom. The Kier molecular flexibility index (Phi) is 11.4. The molecule has 0 aromatic rings. The Balaban J connectivity index is 0. The van der Waals surface area contributed by atoms with Gasteiger partial charge in [-0.1, -0.05) is 14.4 Å². The van der Waals surface area contributed by atoms with Gasteiger partial charge in [0.25, 0.3) is 0 Å². The summed E-state index contributed by atoms with van der Waals surface area (Å²) in [6, 6.07) is 0. The monoisotopic (exact) mass is 162 g/mol. The molecule has 0 unspecified atom stereocenters. The van der Waals surface area contributed by atoms with E-state index in [4.69, 9.17) is 0 Å². The summed E-state index contributed by atoms with van der Waals surface area (Å²) in [5.74, 6) is 1.39. The summed E-state index contributed by atoms with van der Waals surface area (Å²) >= 11 is 1.73. The van der Waals surface area contributed by atoms with Crippen LogP contribution in [0.15, 0.2) is 0 Å². The summed E-state index contributed by atoms with van der Waals surface area (Å²) < 4.78 is 0. The Morgan fingerprint density at radius 2 is 2.00 bits per heavy atom. The van der Waals surface area contributed by atoms with Crippen LogP contribution in [-0.2, 0) is 4.79 Å². The summed E-state index contributed by atoms with van der Waals surface area (Å²) in [4.78, 5) is 10.8. The first-order valence-corrected chi connectivity index (χ1v) is 4.71. The van der Waals surface area contributed by atoms with Crippen molar-refractivity contribution in [3.63, 3.8) is 0 Å². The molecule has 0 aliphatic rings. The second-order valence-electron chi connectivity index (χ2n) is 2.03. The Hall–Kier alpha value is 0.0200. The van der Waals surface area contributed by atoms with Gasteiger partial charge >= 0.3 is 0 Å². The van der Waals surface area contributed by atoms with Gasteiger partial charge in [0.05, 0.1) is 0 Å². The van der Waals surface area contributed by atoms with Crippen molar-refractivity contribution in [3.8, 4) is 0 Å². The average molecular weight is 162 g/mol. The van der Waals surface area contributed by atoms with Crippen molar-refractivity contribution in [2.75, 3.05) is 12.0 Å². The van der Waals surface area contributed by atoms with Crippen molar-refractivity contribution in [2.24, 2.45) is 0 Å². The van der Waals surface area contributed by atoms with E-state index in [0.717, 1.165) is 25.0 Å². The van der Waals surface area contributed by atoms with E-state index >= 15 is 0 Å². The molecule has 0 aliphatic carbocycles. The molecule has 1 nitrogen and oxygen atoms in total. The van der Waals surface area contributed by atoms with E-state index in [0.29, 0.717) is 5.78 Å². The van der Waals surface area contributed by atoms with Gasteiger partial charge in [0.2, 0.25) is 0 Å². The summed E-state index contributed by atoms with van der Waals surface area (Å²) in [6.45, 7) is 2.04. The van der Waals surface area contributed by atoms with Gasteiger partial charge in [-0.15, -0.1) is 0 Å². The van der Waals surface area contributed by atoms with Crippen molar-refractivity contribution in [3.05, 3.63) is 0 Å². The number of rotatable bonds is 5. The van der Waals surface area contributed by atoms with Crippen LogP contribution < -0.4 is 0 Å². The van der Waals surface area contributed by atoms with E-state index in [1.54, 1.807) is 11.8 Å². The zero-order chi connectivity index (χ0) is 7.11. The molecule has 0 aliphatic heterocycles. The highest BCUT2D eigenvalue weighted by Crippen LogP contribution is 1.99. The van der Waals surface area contributed by atoms with Crippen LogP contribution in [0.25, 0.3) is 0 Å². The smallest absolute Gasteiger partial charge is 0.133 e. The summed E-state index contributed by atoms with van der Waals surface area (Å²) in [7, 11) is 0. The SMILES string of the molecule is C.CCCC(=O)CCSC. The topological polar surface area (TPSA) is 17.1 Å². The number of thioether (sulfide) groups is 1. The first-order chi connectivity index (χ1) is 4.31. The number of Topliss-reactive ketones (excluding diaryl/α,β-unsaturated/α-hetero) is 1. The molecule has 0 radical (unpaired) electrons. The molecule has 0 spiro atoms. The lowest BCUT2D eigenvalue weighted by Gasteiger charge is -1.94. The van der Waals surface area contributed by atoms with Gasteiger partial charge in [0, 0.05) is 12.8 Å². The fraction of sp³-hybridized carbons (Fsp3) is 0.875. The molecule has 0 atom stereocenters. The molecular formula is C8H18OS. The van der Waals surface area contributed by atoms with Gasteiger partial charge in [0.15, 0.2) is 0 Å². The summed E-state index contributed by atoms with van der Waals surface area (Å²) in [5, 5.41) is 0. The summed E-state index contributed by atoms with van der Waals surface area (Å²) in [5.41, 5.74) is 0. The number of carbonyl (C=O) groups excluding carboxylic acids is 1. The minimum Gasteiger partial charge on any atom is -0.300 e. The van der Waals surface area contributed by atoms with Gasteiger partial charge in [-0.05, 0) is 18.4 Å². The molecule has 0 aromatic carbocycles. The van der Waals surface area contributed by atoms with Gasteiger partial charge < -0.3 is 0 Å². The van der Waals surface area contributed by atoms with E-state index < -0.39 is 0 Å². The molecule has 0 aromatic heterocycles. The fourth-order valence-electron chi connectivity index (χ4n) is 0.620. The van der Waals surface area contributed by atoms with Gasteiger partial charge in [0.1, 0.15) is 5.78 Å². The van der Waals surface area contributed by atoms with Gasteiger partial charge in [-0.25, -0.2) is 0 Å². The van der Waals surface area contributed by atoms with Crippen LogP contribution in [0.3, 0.4) is 0 Å². The molecule has 0 heterocycles. The molecule has 0 amide bonds. The molecule has 0 N–H and O–H groups in total. The minimum atomic E-state index is 0. The Morgan fingerprint density at radius 3 is 2.40 bits per heavy atom. The lowest BCUT2D eigenvalue weighted by atomic mass is 10.2. The first kappa shape index (κ1) is 12.7. The van der Waals surface area contributed by atoms with Crippen LogP contribution in [-0.4, -0.2) is 17.8 Å². The van der Waals surface area contributed by atoms with E-state index in [1.807, 2.05) is 13.2 Å². The zero-order valence-corrected chi connectivity index (χ0v) is 6.96. The third-order valence-corrected chi connectivity index (χ3v) is 1.73. The molecular weight excluding hydrogens is 144 g/mol. The molecule has 10 heavy (non-hydrogen) atoms. The molecule has 0 saturated carbocycles. The van der Waals surface area contributed by atoms with E-state index in [1.165, 1.54) is 0 Å². The second-order valence-corrected chi connectivity index (χ2v) is 3.02. The lowest BCUT2D eigenvalue weighted by Crippen LogP contribution is -1.97. The predicted octanol–water partition coefficient (Wildman–Crippen LogP) is 2.74. The second kappa shape index (κ2) is 9.02. The standard InChI is InChI=1S/C7H14OS.CH4/c1-3-4-7(8)5-6-9-2;/h3-6H2,1-2H3;1H4. The highest BCUT2D eigenvalue weighted by atomic mass is 32.2. The molecule has 2 heteroatoms. The molecule has 0 saturated heterocycles. The maximum Gasteiger partial charge on any atom is 0.133 e. The third kappa shape index (κ3) is 8.02. The minimum absolute atomic E-state index is 0. The van der Waals surface area contributed by atoms with Crippen LogP contribution in [0, 0.1) is 0 Å². The Bertz CT molecular complexity index is 81.3. The summed E-state index contributed by atoms with van der Waals surface area (Å²) in [6.07, 6.45) is 4.54. The molecule has 0 bridgehead atoms. The fourth-order valence-corrected chi connectivity index (χ4v) is 1.05. The normalized spacial score (nSPS) is 8.60. The number of hydrogen-bond acceptors (Lipinski definition) is 2. The number of hydrogen-bond donors (Lipinski definition) is 0. The van der Waals surface area contributed by atoms with Crippen LogP contribution >= 0.6 is 11.8 Å². The van der Waals surface area contributed by atoms with E-state index in [-0.39, 0.29) is 7.43 Å². The van der Waals surface area contributed by atoms with Crippen LogP contribution in [0.4, 0.5) is 0 Å². The number of ketones is 1. The molecule has 0 rings (SSSR count). The van der Waals surface area contributed by atoms with Crippen molar-refractivity contribution in [2.45, 2.75) is 33.6 Å². The van der Waals surface area contributed by atoms with Gasteiger partial charge in [-0.3, -0.25) is 4.79 Å². The Labute approximate surface area is 68.6 Å². The average Bonchev–Trinajstić information content (AvgIpc) is 1.85. The highest BCUT2D eigenvalue weighted by molar-refractivity contribution is 7.98. The third-order valence-electron chi connectivity index (χ3n) is 1.11. The zero-order valence-electron chi connectivity index (χ0n) is 6.14. The molecule has 0 fully saturated rings. The van der Waals surface area contributed by atoms with Crippen molar-refractivity contribution in [1.82, 2.24) is 0 Å². The predicted molar refractivity (Wildman–Crippen MR) is 49.6 cm³/mol. The van der Waals surface area contributed by atoms with Crippen LogP contribution in [0.2, 0.25) is 0 Å². The highest BCUT2D eigenvalue weighted by Gasteiger charge is 1.96. The molecule has 62 valence electrons. The van der Waals surface area contributed by atoms with Crippen molar-refractivity contribution < 1.29 is 4.79 Å². The van der Waals surface area contributed by atoms with Crippen LogP contribution in [0.5, 0.6) is 0 Å².